The van der Waals surface area contributed by atoms with Crippen molar-refractivity contribution < 1.29 is 4.74 Å². The summed E-state index contributed by atoms with van der Waals surface area (Å²) >= 11 is 0. The van der Waals surface area contributed by atoms with Crippen LogP contribution in [0.15, 0.2) is 12.4 Å². The van der Waals surface area contributed by atoms with Crippen molar-refractivity contribution in [2.45, 2.75) is 58.1 Å². The molecule has 18 heavy (non-hydrogen) atoms. The summed E-state index contributed by atoms with van der Waals surface area (Å²) in [7, 11) is 0. The van der Waals surface area contributed by atoms with Crippen LogP contribution in [0.3, 0.4) is 0 Å². The number of hydrogen-bond donors (Lipinski definition) is 1. The molecule has 2 heterocycles. The second-order valence-corrected chi connectivity index (χ2v) is 5.12. The maximum absolute atomic E-state index is 5.98. The summed E-state index contributed by atoms with van der Waals surface area (Å²) in [5, 5.41) is 3.51. The Morgan fingerprint density at radius 2 is 2.17 bits per heavy atom. The minimum Gasteiger partial charge on any atom is -0.375 e. The Hall–Kier alpha value is -1.16. The third-order valence-corrected chi connectivity index (χ3v) is 3.94. The summed E-state index contributed by atoms with van der Waals surface area (Å²) in [4.78, 5) is 8.39. The van der Waals surface area contributed by atoms with Crippen LogP contribution < -0.4 is 5.32 Å². The third-order valence-electron chi connectivity index (χ3n) is 3.94. The standard InChI is InChI=1S/C14H23N3O/c1-4-14(5-2)9-12(6-7-18-14)17-13-8-11(3)15-10-16-13/h8,10,12H,4-7,9H2,1-3H3,(H,15,16,17). The fourth-order valence-electron chi connectivity index (χ4n) is 2.64. The predicted octanol–water partition coefficient (Wildman–Crippen LogP) is 2.93. The van der Waals surface area contributed by atoms with E-state index in [9.17, 15) is 0 Å². The Balaban J connectivity index is 2.01. The van der Waals surface area contributed by atoms with Crippen LogP contribution in [-0.2, 0) is 4.74 Å². The number of rotatable bonds is 4. The molecule has 1 unspecified atom stereocenters. The van der Waals surface area contributed by atoms with Crippen molar-refractivity contribution in [3.05, 3.63) is 18.1 Å². The molecule has 1 aliphatic heterocycles. The molecule has 1 aromatic heterocycles. The first-order chi connectivity index (χ1) is 8.67. The summed E-state index contributed by atoms with van der Waals surface area (Å²) < 4.78 is 5.98. The molecular weight excluding hydrogens is 226 g/mol. The van der Waals surface area contributed by atoms with Crippen LogP contribution >= 0.6 is 0 Å². The van der Waals surface area contributed by atoms with E-state index in [0.29, 0.717) is 6.04 Å². The lowest BCUT2D eigenvalue weighted by Gasteiger charge is -2.40. The fourth-order valence-corrected chi connectivity index (χ4v) is 2.64. The second-order valence-electron chi connectivity index (χ2n) is 5.12. The minimum absolute atomic E-state index is 0.0536. The van der Waals surface area contributed by atoms with E-state index < -0.39 is 0 Å². The highest BCUT2D eigenvalue weighted by atomic mass is 16.5. The molecule has 1 fully saturated rings. The van der Waals surface area contributed by atoms with Crippen LogP contribution in [0.25, 0.3) is 0 Å². The number of aromatic nitrogens is 2. The third kappa shape index (κ3) is 2.99. The molecule has 2 rings (SSSR count). The number of nitrogens with one attached hydrogen (secondary N) is 1. The summed E-state index contributed by atoms with van der Waals surface area (Å²) in [5.74, 6) is 0.926. The van der Waals surface area contributed by atoms with Gasteiger partial charge in [-0.25, -0.2) is 9.97 Å². The SMILES string of the molecule is CCC1(CC)CC(Nc2cc(C)ncn2)CCO1. The molecule has 0 radical (unpaired) electrons. The van der Waals surface area contributed by atoms with Gasteiger partial charge in [0.25, 0.3) is 0 Å². The van der Waals surface area contributed by atoms with Crippen LogP contribution in [0.1, 0.15) is 45.2 Å². The van der Waals surface area contributed by atoms with Crippen molar-refractivity contribution in [3.8, 4) is 0 Å². The molecule has 0 spiro atoms. The van der Waals surface area contributed by atoms with Gasteiger partial charge in [0, 0.05) is 24.4 Å². The molecule has 1 aliphatic rings. The minimum atomic E-state index is 0.0536. The highest BCUT2D eigenvalue weighted by Gasteiger charge is 2.34. The van der Waals surface area contributed by atoms with Gasteiger partial charge in [-0.3, -0.25) is 0 Å². The molecule has 0 aromatic carbocycles. The smallest absolute Gasteiger partial charge is 0.129 e. The van der Waals surface area contributed by atoms with Crippen molar-refractivity contribution in [3.63, 3.8) is 0 Å². The molecule has 1 N–H and O–H groups in total. The molecule has 0 saturated carbocycles. The zero-order valence-electron chi connectivity index (χ0n) is 11.6. The molecule has 0 bridgehead atoms. The molecule has 1 saturated heterocycles. The number of aryl methyl sites for hydroxylation is 1. The van der Waals surface area contributed by atoms with E-state index in [2.05, 4.69) is 29.1 Å². The molecule has 1 aromatic rings. The van der Waals surface area contributed by atoms with Crippen molar-refractivity contribution in [1.82, 2.24) is 9.97 Å². The monoisotopic (exact) mass is 249 g/mol. The Morgan fingerprint density at radius 3 is 2.83 bits per heavy atom. The Bertz CT molecular complexity index is 390. The van der Waals surface area contributed by atoms with Gasteiger partial charge in [0.15, 0.2) is 0 Å². The van der Waals surface area contributed by atoms with Gasteiger partial charge < -0.3 is 10.1 Å². The average Bonchev–Trinajstić information content (AvgIpc) is 2.39. The largest absolute Gasteiger partial charge is 0.375 e. The normalized spacial score (nSPS) is 22.7. The van der Waals surface area contributed by atoms with E-state index >= 15 is 0 Å². The van der Waals surface area contributed by atoms with Crippen molar-refractivity contribution in [1.29, 1.82) is 0 Å². The lowest BCUT2D eigenvalue weighted by Crippen LogP contribution is -2.43. The van der Waals surface area contributed by atoms with Gasteiger partial charge in [0.05, 0.1) is 5.60 Å². The first-order valence-electron chi connectivity index (χ1n) is 6.86. The van der Waals surface area contributed by atoms with E-state index in [1.807, 2.05) is 13.0 Å². The number of ether oxygens (including phenoxy) is 1. The van der Waals surface area contributed by atoms with E-state index in [1.54, 1.807) is 6.33 Å². The quantitative estimate of drug-likeness (QED) is 0.891. The first-order valence-corrected chi connectivity index (χ1v) is 6.86. The molecule has 100 valence electrons. The lowest BCUT2D eigenvalue weighted by atomic mass is 9.86. The Morgan fingerprint density at radius 1 is 1.39 bits per heavy atom. The average molecular weight is 249 g/mol. The van der Waals surface area contributed by atoms with E-state index in [4.69, 9.17) is 4.74 Å². The summed E-state index contributed by atoms with van der Waals surface area (Å²) in [6.45, 7) is 7.24. The van der Waals surface area contributed by atoms with Gasteiger partial charge in [-0.05, 0) is 32.6 Å². The molecule has 0 aliphatic carbocycles. The maximum Gasteiger partial charge on any atom is 0.129 e. The maximum atomic E-state index is 5.98. The topological polar surface area (TPSA) is 47.0 Å². The van der Waals surface area contributed by atoms with Gasteiger partial charge in [0.2, 0.25) is 0 Å². The lowest BCUT2D eigenvalue weighted by molar-refractivity contribution is -0.0864. The summed E-state index contributed by atoms with van der Waals surface area (Å²) in [6.07, 6.45) is 5.87. The predicted molar refractivity (Wildman–Crippen MR) is 72.7 cm³/mol. The van der Waals surface area contributed by atoms with Crippen molar-refractivity contribution in [2.75, 3.05) is 11.9 Å². The van der Waals surface area contributed by atoms with E-state index in [-0.39, 0.29) is 5.60 Å². The zero-order chi connectivity index (χ0) is 13.0. The highest BCUT2D eigenvalue weighted by Crippen LogP contribution is 2.32. The van der Waals surface area contributed by atoms with Gasteiger partial charge >= 0.3 is 0 Å². The molecule has 4 heteroatoms. The van der Waals surface area contributed by atoms with E-state index in [0.717, 1.165) is 43.8 Å². The summed E-state index contributed by atoms with van der Waals surface area (Å²) in [6, 6.07) is 2.45. The van der Waals surface area contributed by atoms with Crippen molar-refractivity contribution in [2.24, 2.45) is 0 Å². The fraction of sp³-hybridized carbons (Fsp3) is 0.714. The number of anilines is 1. The zero-order valence-corrected chi connectivity index (χ0v) is 11.6. The number of nitrogens with zero attached hydrogens (tertiary/aromatic N) is 2. The van der Waals surface area contributed by atoms with Crippen LogP contribution in [0.2, 0.25) is 0 Å². The van der Waals surface area contributed by atoms with Gasteiger partial charge in [-0.2, -0.15) is 0 Å². The Kier molecular flexibility index (Phi) is 4.17. The van der Waals surface area contributed by atoms with Crippen LogP contribution in [-0.4, -0.2) is 28.2 Å². The molecule has 4 nitrogen and oxygen atoms in total. The van der Waals surface area contributed by atoms with Crippen molar-refractivity contribution >= 4 is 5.82 Å². The van der Waals surface area contributed by atoms with Crippen LogP contribution in [0, 0.1) is 6.92 Å². The Labute approximate surface area is 109 Å². The van der Waals surface area contributed by atoms with Gasteiger partial charge in [0.1, 0.15) is 12.1 Å². The second kappa shape index (κ2) is 5.65. The van der Waals surface area contributed by atoms with Gasteiger partial charge in [-0.15, -0.1) is 0 Å². The van der Waals surface area contributed by atoms with Crippen LogP contribution in [0.4, 0.5) is 5.82 Å². The van der Waals surface area contributed by atoms with Gasteiger partial charge in [-0.1, -0.05) is 13.8 Å². The molecule has 1 atom stereocenters. The number of hydrogen-bond acceptors (Lipinski definition) is 4. The van der Waals surface area contributed by atoms with Crippen LogP contribution in [0.5, 0.6) is 0 Å². The molecule has 0 amide bonds. The first kappa shape index (κ1) is 13.3. The summed E-state index contributed by atoms with van der Waals surface area (Å²) in [5.41, 5.74) is 1.05. The van der Waals surface area contributed by atoms with E-state index in [1.165, 1.54) is 0 Å². The highest BCUT2D eigenvalue weighted by molar-refractivity contribution is 5.35. The molecular formula is C14H23N3O.